The highest BCUT2D eigenvalue weighted by Gasteiger charge is 2.29. The molecule has 1 aliphatic heterocycles. The van der Waals surface area contributed by atoms with Crippen LogP contribution >= 0.6 is 0 Å². The molecule has 1 fully saturated rings. The quantitative estimate of drug-likeness (QED) is 0.644. The van der Waals surface area contributed by atoms with Gasteiger partial charge in [0.15, 0.2) is 0 Å². The van der Waals surface area contributed by atoms with Gasteiger partial charge in [-0.2, -0.15) is 4.31 Å². The summed E-state index contributed by atoms with van der Waals surface area (Å²) in [5, 5.41) is 2.87. The van der Waals surface area contributed by atoms with Gasteiger partial charge in [-0.05, 0) is 35.4 Å². The Bertz CT molecular complexity index is 1020. The zero-order chi connectivity index (χ0) is 22.4. The number of morpholine rings is 1. The number of hydrogen-bond acceptors (Lipinski definition) is 7. The lowest BCUT2D eigenvalue weighted by atomic mass is 10.1. The van der Waals surface area contributed by atoms with Crippen LogP contribution in [0.1, 0.15) is 11.1 Å². The normalized spacial score (nSPS) is 14.8. The van der Waals surface area contributed by atoms with Crippen LogP contribution in [0.3, 0.4) is 0 Å². The molecule has 0 atom stereocenters. The predicted molar refractivity (Wildman–Crippen MR) is 117 cm³/mol. The molecule has 0 aliphatic carbocycles. The molecule has 0 saturated carbocycles. The first-order valence-corrected chi connectivity index (χ1v) is 11.4. The number of nitrogens with one attached hydrogen (secondary N) is 1. The number of benzene rings is 1. The van der Waals surface area contributed by atoms with E-state index in [1.807, 2.05) is 31.1 Å². The van der Waals surface area contributed by atoms with Crippen LogP contribution in [0.15, 0.2) is 41.4 Å². The van der Waals surface area contributed by atoms with Crippen molar-refractivity contribution in [2.24, 2.45) is 0 Å². The van der Waals surface area contributed by atoms with Crippen molar-refractivity contribution in [2.45, 2.75) is 17.9 Å². The number of pyridine rings is 1. The summed E-state index contributed by atoms with van der Waals surface area (Å²) in [6.45, 7) is 1.65. The van der Waals surface area contributed by atoms with Crippen LogP contribution in [0.4, 0.5) is 5.82 Å². The van der Waals surface area contributed by atoms with Gasteiger partial charge >= 0.3 is 0 Å². The lowest BCUT2D eigenvalue weighted by Gasteiger charge is -2.26. The number of hydrogen-bond donors (Lipinski definition) is 1. The van der Waals surface area contributed by atoms with Gasteiger partial charge in [0.05, 0.1) is 26.7 Å². The summed E-state index contributed by atoms with van der Waals surface area (Å²) < 4.78 is 38.1. The first kappa shape index (κ1) is 23.0. The van der Waals surface area contributed by atoms with E-state index < -0.39 is 10.0 Å². The topological polar surface area (TPSA) is 101 Å². The summed E-state index contributed by atoms with van der Waals surface area (Å²) >= 11 is 0. The summed E-state index contributed by atoms with van der Waals surface area (Å²) in [4.78, 5) is 18.7. The number of anilines is 1. The van der Waals surface area contributed by atoms with Crippen LogP contribution in [0.5, 0.6) is 5.75 Å². The van der Waals surface area contributed by atoms with Gasteiger partial charge in [0.1, 0.15) is 16.5 Å². The van der Waals surface area contributed by atoms with Gasteiger partial charge in [0.25, 0.3) is 0 Å². The second-order valence-corrected chi connectivity index (χ2v) is 9.28. The molecule has 1 aliphatic rings. The highest BCUT2D eigenvalue weighted by atomic mass is 32.2. The highest BCUT2D eigenvalue weighted by Crippen LogP contribution is 2.28. The van der Waals surface area contributed by atoms with E-state index in [-0.39, 0.29) is 36.1 Å². The van der Waals surface area contributed by atoms with Crippen LogP contribution in [-0.4, -0.2) is 71.1 Å². The minimum absolute atomic E-state index is 0.0568. The monoisotopic (exact) mass is 448 g/mol. The molecule has 168 valence electrons. The van der Waals surface area contributed by atoms with Gasteiger partial charge in [-0.25, -0.2) is 13.4 Å². The number of nitrogens with zero attached hydrogens (tertiary/aromatic N) is 3. The summed E-state index contributed by atoms with van der Waals surface area (Å²) in [6.07, 6.45) is 1.75. The first-order chi connectivity index (χ1) is 14.8. The molecule has 0 unspecified atom stereocenters. The highest BCUT2D eigenvalue weighted by molar-refractivity contribution is 7.89. The van der Waals surface area contributed by atoms with Gasteiger partial charge in [-0.3, -0.25) is 4.79 Å². The SMILES string of the molecule is COc1ccc(CC(=O)NCc2ccnc(N(C)C)c2)cc1S(=O)(=O)N1CCOCC1. The van der Waals surface area contributed by atoms with E-state index in [2.05, 4.69) is 10.3 Å². The average Bonchev–Trinajstić information content (AvgIpc) is 2.78. The molecule has 0 spiro atoms. The molecule has 1 aromatic heterocycles. The van der Waals surface area contributed by atoms with E-state index >= 15 is 0 Å². The molecule has 2 heterocycles. The number of aromatic nitrogens is 1. The minimum Gasteiger partial charge on any atom is -0.495 e. The number of ether oxygens (including phenoxy) is 2. The maximum absolute atomic E-state index is 13.1. The number of amides is 1. The Hall–Kier alpha value is -2.69. The van der Waals surface area contributed by atoms with E-state index in [4.69, 9.17) is 9.47 Å². The van der Waals surface area contributed by atoms with E-state index in [1.54, 1.807) is 18.3 Å². The van der Waals surface area contributed by atoms with Crippen molar-refractivity contribution in [1.29, 1.82) is 0 Å². The maximum Gasteiger partial charge on any atom is 0.246 e. The smallest absolute Gasteiger partial charge is 0.246 e. The van der Waals surface area contributed by atoms with E-state index in [9.17, 15) is 13.2 Å². The third-order valence-electron chi connectivity index (χ3n) is 4.94. The second-order valence-electron chi connectivity index (χ2n) is 7.37. The Kier molecular flexibility index (Phi) is 7.47. The van der Waals surface area contributed by atoms with Gasteiger partial charge in [0, 0.05) is 39.9 Å². The summed E-state index contributed by atoms with van der Waals surface area (Å²) in [5.74, 6) is 0.853. The Balaban J connectivity index is 1.71. The molecule has 1 amide bonds. The molecule has 9 nitrogen and oxygen atoms in total. The van der Waals surface area contributed by atoms with Crippen LogP contribution in [0.2, 0.25) is 0 Å². The van der Waals surface area contributed by atoms with Crippen LogP contribution in [-0.2, 0) is 32.5 Å². The van der Waals surface area contributed by atoms with Crippen molar-refractivity contribution >= 4 is 21.7 Å². The molecular weight excluding hydrogens is 420 g/mol. The van der Waals surface area contributed by atoms with Crippen molar-refractivity contribution in [3.63, 3.8) is 0 Å². The number of rotatable bonds is 8. The molecular formula is C21H28N4O5S. The third kappa shape index (κ3) is 5.72. The summed E-state index contributed by atoms with van der Waals surface area (Å²) in [6, 6.07) is 8.55. The Morgan fingerprint density at radius 2 is 1.94 bits per heavy atom. The molecule has 1 aromatic carbocycles. The Morgan fingerprint density at radius 1 is 1.19 bits per heavy atom. The largest absolute Gasteiger partial charge is 0.495 e. The van der Waals surface area contributed by atoms with Gasteiger partial charge in [-0.15, -0.1) is 0 Å². The van der Waals surface area contributed by atoms with Crippen LogP contribution in [0.25, 0.3) is 0 Å². The average molecular weight is 449 g/mol. The number of carbonyl (C=O) groups excluding carboxylic acids is 1. The Morgan fingerprint density at radius 3 is 2.61 bits per heavy atom. The molecule has 1 saturated heterocycles. The summed E-state index contributed by atoms with van der Waals surface area (Å²) in [7, 11) is 1.48. The molecule has 10 heteroatoms. The maximum atomic E-state index is 13.1. The van der Waals surface area contributed by atoms with Crippen molar-refractivity contribution in [3.8, 4) is 5.75 Å². The lowest BCUT2D eigenvalue weighted by molar-refractivity contribution is -0.120. The second kappa shape index (κ2) is 10.1. The fraction of sp³-hybridized carbons (Fsp3) is 0.429. The van der Waals surface area contributed by atoms with E-state index in [0.717, 1.165) is 11.4 Å². The van der Waals surface area contributed by atoms with Crippen molar-refractivity contribution in [2.75, 3.05) is 52.4 Å². The predicted octanol–water partition coefficient (Wildman–Crippen LogP) is 1.04. The standard InChI is InChI=1S/C21H28N4O5S/c1-24(2)20-13-17(6-7-22-20)15-23-21(26)14-16-4-5-18(29-3)19(12-16)31(27,28)25-8-10-30-11-9-25/h4-7,12-13H,8-11,14-15H2,1-3H3,(H,23,26). The number of methoxy groups -OCH3 is 1. The summed E-state index contributed by atoms with van der Waals surface area (Å²) in [5.41, 5.74) is 1.52. The fourth-order valence-corrected chi connectivity index (χ4v) is 4.84. The van der Waals surface area contributed by atoms with Crippen molar-refractivity contribution in [3.05, 3.63) is 47.7 Å². The van der Waals surface area contributed by atoms with Gasteiger partial charge in [0.2, 0.25) is 15.9 Å². The molecule has 1 N–H and O–H groups in total. The Labute approximate surface area is 183 Å². The number of sulfonamides is 1. The number of carbonyl (C=O) groups is 1. The molecule has 2 aromatic rings. The first-order valence-electron chi connectivity index (χ1n) is 9.95. The van der Waals surface area contributed by atoms with Crippen LogP contribution < -0.4 is 15.0 Å². The van der Waals surface area contributed by atoms with E-state index in [1.165, 1.54) is 17.5 Å². The zero-order valence-electron chi connectivity index (χ0n) is 18.0. The third-order valence-corrected chi connectivity index (χ3v) is 6.86. The van der Waals surface area contributed by atoms with Crippen LogP contribution in [0, 0.1) is 0 Å². The van der Waals surface area contributed by atoms with Crippen molar-refractivity contribution < 1.29 is 22.7 Å². The van der Waals surface area contributed by atoms with Crippen molar-refractivity contribution in [1.82, 2.24) is 14.6 Å². The molecule has 3 rings (SSSR count). The molecule has 0 bridgehead atoms. The zero-order valence-corrected chi connectivity index (χ0v) is 18.8. The molecule has 31 heavy (non-hydrogen) atoms. The van der Waals surface area contributed by atoms with E-state index in [0.29, 0.717) is 25.3 Å². The lowest BCUT2D eigenvalue weighted by Crippen LogP contribution is -2.40. The van der Waals surface area contributed by atoms with Gasteiger partial charge in [-0.1, -0.05) is 6.07 Å². The minimum atomic E-state index is -3.75. The fourth-order valence-electron chi connectivity index (χ4n) is 3.22. The van der Waals surface area contributed by atoms with Gasteiger partial charge < -0.3 is 19.7 Å². The molecule has 0 radical (unpaired) electrons.